The van der Waals surface area contributed by atoms with Crippen molar-refractivity contribution in [2.45, 2.75) is 13.3 Å². The van der Waals surface area contributed by atoms with E-state index in [1.807, 2.05) is 0 Å². The van der Waals surface area contributed by atoms with Crippen molar-refractivity contribution in [3.63, 3.8) is 0 Å². The summed E-state index contributed by atoms with van der Waals surface area (Å²) in [7, 11) is 0. The van der Waals surface area contributed by atoms with Gasteiger partial charge in [0.2, 0.25) is 5.82 Å². The summed E-state index contributed by atoms with van der Waals surface area (Å²) in [6, 6.07) is 8.59. The van der Waals surface area contributed by atoms with Crippen molar-refractivity contribution in [2.75, 3.05) is 0 Å². The van der Waals surface area contributed by atoms with Crippen LogP contribution in [0.4, 0.5) is 0 Å². The van der Waals surface area contributed by atoms with Gasteiger partial charge in [-0.2, -0.15) is 5.21 Å². The second-order valence-electron chi connectivity index (χ2n) is 5.32. The minimum atomic E-state index is -0.439. The first-order valence-electron chi connectivity index (χ1n) is 7.39. The Morgan fingerprint density at radius 3 is 2.64 bits per heavy atom. The number of H-pyrrole nitrogens is 1. The van der Waals surface area contributed by atoms with Crippen LogP contribution in [0.2, 0.25) is 0 Å². The number of rotatable bonds is 6. The Morgan fingerprint density at radius 2 is 2.00 bits per heavy atom. The summed E-state index contributed by atoms with van der Waals surface area (Å²) >= 11 is 0. The first-order chi connectivity index (χ1) is 12.0. The van der Waals surface area contributed by atoms with Gasteiger partial charge in [-0.25, -0.2) is 0 Å². The maximum Gasteiger partial charge on any atom is 0.239 e. The summed E-state index contributed by atoms with van der Waals surface area (Å²) in [6.45, 7) is 1.50. The maximum absolute atomic E-state index is 12.3. The van der Waals surface area contributed by atoms with Crippen molar-refractivity contribution in [3.05, 3.63) is 70.9 Å². The lowest BCUT2D eigenvalue weighted by molar-refractivity contribution is 0.101. The molecule has 2 aromatic heterocycles. The van der Waals surface area contributed by atoms with E-state index in [-0.39, 0.29) is 11.6 Å². The number of aromatic amines is 1. The number of aromatic nitrogens is 4. The van der Waals surface area contributed by atoms with Crippen molar-refractivity contribution in [2.24, 2.45) is 0 Å². The summed E-state index contributed by atoms with van der Waals surface area (Å²) < 4.78 is 5.39. The summed E-state index contributed by atoms with van der Waals surface area (Å²) in [6.07, 6.45) is 2.80. The molecule has 0 saturated carbocycles. The zero-order chi connectivity index (χ0) is 17.8. The standard InChI is InChI=1S/C17H14N4O4/c1-10(22)12-4-2-11(3-5-12)8-16-13(6-7-25-16)14(23)9-15(24)17-18-20-21-19-17/h2-7,9,24H,8H2,1H3,(H,18,19,20,21). The number of hydrogen-bond acceptors (Lipinski definition) is 7. The minimum absolute atomic E-state index is 0.0116. The molecular weight excluding hydrogens is 324 g/mol. The molecule has 126 valence electrons. The number of furan rings is 1. The Labute approximate surface area is 142 Å². The molecule has 0 spiro atoms. The lowest BCUT2D eigenvalue weighted by Crippen LogP contribution is -2.01. The van der Waals surface area contributed by atoms with Gasteiger partial charge in [0.1, 0.15) is 5.76 Å². The third-order valence-corrected chi connectivity index (χ3v) is 3.58. The van der Waals surface area contributed by atoms with Gasteiger partial charge in [-0.15, -0.1) is 10.2 Å². The van der Waals surface area contributed by atoms with Crippen LogP contribution in [0.15, 0.2) is 47.1 Å². The number of ketones is 2. The van der Waals surface area contributed by atoms with Crippen molar-refractivity contribution in [1.29, 1.82) is 0 Å². The highest BCUT2D eigenvalue weighted by atomic mass is 16.3. The van der Waals surface area contributed by atoms with Gasteiger partial charge in [-0.05, 0) is 23.8 Å². The molecule has 3 aromatic rings. The van der Waals surface area contributed by atoms with E-state index in [9.17, 15) is 14.7 Å². The third kappa shape index (κ3) is 3.69. The Balaban J connectivity index is 1.79. The predicted octanol–water partition coefficient (Wildman–Crippen LogP) is 2.37. The van der Waals surface area contributed by atoms with Crippen LogP contribution in [-0.2, 0) is 6.42 Å². The van der Waals surface area contributed by atoms with Gasteiger partial charge in [0.05, 0.1) is 11.8 Å². The van der Waals surface area contributed by atoms with Gasteiger partial charge >= 0.3 is 0 Å². The van der Waals surface area contributed by atoms with Crippen molar-refractivity contribution in [1.82, 2.24) is 20.6 Å². The van der Waals surface area contributed by atoms with E-state index in [0.717, 1.165) is 11.6 Å². The minimum Gasteiger partial charge on any atom is -0.504 e. The van der Waals surface area contributed by atoms with E-state index in [1.165, 1.54) is 19.3 Å². The first kappa shape index (κ1) is 16.3. The van der Waals surface area contributed by atoms with E-state index < -0.39 is 11.5 Å². The molecule has 2 heterocycles. The number of hydrogen-bond donors (Lipinski definition) is 2. The summed E-state index contributed by atoms with van der Waals surface area (Å²) in [4.78, 5) is 23.6. The smallest absolute Gasteiger partial charge is 0.239 e. The monoisotopic (exact) mass is 338 g/mol. The molecule has 8 heteroatoms. The number of carbonyl (C=O) groups is 2. The van der Waals surface area contributed by atoms with Crippen LogP contribution in [0.1, 0.15) is 44.8 Å². The number of aliphatic hydroxyl groups is 1. The molecule has 0 atom stereocenters. The largest absolute Gasteiger partial charge is 0.504 e. The number of carbonyl (C=O) groups excluding carboxylic acids is 2. The molecule has 0 aliphatic rings. The third-order valence-electron chi connectivity index (χ3n) is 3.58. The molecule has 2 N–H and O–H groups in total. The number of aliphatic hydroxyl groups excluding tert-OH is 1. The molecule has 0 bridgehead atoms. The number of tetrazole rings is 1. The van der Waals surface area contributed by atoms with E-state index >= 15 is 0 Å². The second-order valence-corrected chi connectivity index (χ2v) is 5.32. The molecule has 25 heavy (non-hydrogen) atoms. The van der Waals surface area contributed by atoms with E-state index in [4.69, 9.17) is 4.42 Å². The van der Waals surface area contributed by atoms with Crippen LogP contribution in [0.25, 0.3) is 5.76 Å². The van der Waals surface area contributed by atoms with Gasteiger partial charge in [0.25, 0.3) is 0 Å². The normalized spacial score (nSPS) is 11.5. The fraction of sp³-hybridized carbons (Fsp3) is 0.118. The van der Waals surface area contributed by atoms with Crippen molar-refractivity contribution >= 4 is 17.3 Å². The van der Waals surface area contributed by atoms with Crippen LogP contribution in [0, 0.1) is 0 Å². The zero-order valence-electron chi connectivity index (χ0n) is 13.3. The van der Waals surface area contributed by atoms with Crippen LogP contribution in [-0.4, -0.2) is 37.3 Å². The van der Waals surface area contributed by atoms with E-state index in [1.54, 1.807) is 24.3 Å². The molecule has 0 saturated heterocycles. The fourth-order valence-corrected chi connectivity index (χ4v) is 2.28. The van der Waals surface area contributed by atoms with Crippen LogP contribution in [0.5, 0.6) is 0 Å². The quantitative estimate of drug-likeness (QED) is 0.402. The Morgan fingerprint density at radius 1 is 1.24 bits per heavy atom. The van der Waals surface area contributed by atoms with Gasteiger partial charge in [0.15, 0.2) is 17.3 Å². The highest BCUT2D eigenvalue weighted by molar-refractivity contribution is 6.08. The first-order valence-corrected chi connectivity index (χ1v) is 7.39. The second kappa shape index (κ2) is 6.91. The Bertz CT molecular complexity index is 924. The topological polar surface area (TPSA) is 122 Å². The Hall–Kier alpha value is -3.55. The summed E-state index contributed by atoms with van der Waals surface area (Å²) in [5, 5.41) is 22.5. The highest BCUT2D eigenvalue weighted by Gasteiger charge is 2.16. The zero-order valence-corrected chi connectivity index (χ0v) is 13.3. The molecule has 0 aliphatic carbocycles. The molecular formula is C17H14N4O4. The van der Waals surface area contributed by atoms with E-state index in [2.05, 4.69) is 20.6 Å². The van der Waals surface area contributed by atoms with Crippen molar-refractivity contribution in [3.8, 4) is 0 Å². The maximum atomic E-state index is 12.3. The molecule has 0 radical (unpaired) electrons. The molecule has 3 rings (SSSR count). The molecule has 0 fully saturated rings. The van der Waals surface area contributed by atoms with Gasteiger partial charge < -0.3 is 9.52 Å². The SMILES string of the molecule is CC(=O)c1ccc(Cc2occc2C(=O)C=C(O)c2nn[nH]n2)cc1. The lowest BCUT2D eigenvalue weighted by atomic mass is 10.0. The molecule has 0 aliphatic heterocycles. The van der Waals surface area contributed by atoms with Gasteiger partial charge in [-0.3, -0.25) is 9.59 Å². The molecule has 1 aromatic carbocycles. The predicted molar refractivity (Wildman–Crippen MR) is 87.1 cm³/mol. The number of benzene rings is 1. The van der Waals surface area contributed by atoms with Gasteiger partial charge in [-0.1, -0.05) is 24.3 Å². The Kier molecular flexibility index (Phi) is 4.51. The number of nitrogens with zero attached hydrogens (tertiary/aromatic N) is 3. The molecule has 0 amide bonds. The van der Waals surface area contributed by atoms with Crippen LogP contribution in [0.3, 0.4) is 0 Å². The van der Waals surface area contributed by atoms with Gasteiger partial charge in [0, 0.05) is 18.1 Å². The fourth-order valence-electron chi connectivity index (χ4n) is 2.28. The van der Waals surface area contributed by atoms with Crippen LogP contribution >= 0.6 is 0 Å². The van der Waals surface area contributed by atoms with E-state index in [0.29, 0.717) is 23.3 Å². The highest BCUT2D eigenvalue weighted by Crippen LogP contribution is 2.18. The summed E-state index contributed by atoms with van der Waals surface area (Å²) in [5.41, 5.74) is 1.83. The average molecular weight is 338 g/mol. The molecule has 8 nitrogen and oxygen atoms in total. The number of nitrogens with one attached hydrogen (secondary N) is 1. The lowest BCUT2D eigenvalue weighted by Gasteiger charge is -2.02. The number of Topliss-reactive ketones (excluding diaryl/α,β-unsaturated/α-hetero) is 1. The average Bonchev–Trinajstić information content (AvgIpc) is 3.27. The molecule has 0 unspecified atom stereocenters. The van der Waals surface area contributed by atoms with Crippen molar-refractivity contribution < 1.29 is 19.1 Å². The van der Waals surface area contributed by atoms with Crippen LogP contribution < -0.4 is 0 Å². The summed E-state index contributed by atoms with van der Waals surface area (Å²) in [5.74, 6) is -0.457. The number of allylic oxidation sites excluding steroid dienone is 1.